The Labute approximate surface area is 115 Å². The number of piperidine rings is 1. The minimum atomic E-state index is -3.38. The zero-order chi connectivity index (χ0) is 14.0. The van der Waals surface area contributed by atoms with Gasteiger partial charge in [0.05, 0.1) is 18.3 Å². The van der Waals surface area contributed by atoms with Crippen LogP contribution in [-0.2, 0) is 19.6 Å². The van der Waals surface area contributed by atoms with Crippen molar-refractivity contribution in [1.29, 1.82) is 0 Å². The third-order valence-corrected chi connectivity index (χ3v) is 6.93. The zero-order valence-corrected chi connectivity index (χ0v) is 12.5. The molecule has 0 aromatic rings. The standard InChI is InChI=1S/C13H23NO4S/c1-10-6-3-4-9-14(10)19(16,17)12-8-5-7-11(12)13(15)18-2/h10-12H,3-9H2,1-2H3. The van der Waals surface area contributed by atoms with E-state index in [1.165, 1.54) is 7.11 Å². The number of esters is 1. The lowest BCUT2D eigenvalue weighted by molar-refractivity contribution is -0.145. The lowest BCUT2D eigenvalue weighted by Crippen LogP contribution is -2.48. The van der Waals surface area contributed by atoms with Crippen LogP contribution in [0.3, 0.4) is 0 Å². The monoisotopic (exact) mass is 289 g/mol. The van der Waals surface area contributed by atoms with Crippen molar-refractivity contribution in [3.05, 3.63) is 0 Å². The summed E-state index contributed by atoms with van der Waals surface area (Å²) in [6.45, 7) is 2.55. The highest BCUT2D eigenvalue weighted by molar-refractivity contribution is 7.89. The first-order valence-corrected chi connectivity index (χ1v) is 8.57. The van der Waals surface area contributed by atoms with E-state index in [9.17, 15) is 13.2 Å². The second-order valence-corrected chi connectivity index (χ2v) is 7.70. The third kappa shape index (κ3) is 2.79. The summed E-state index contributed by atoms with van der Waals surface area (Å²) < 4.78 is 31.9. The van der Waals surface area contributed by atoms with Gasteiger partial charge in [0, 0.05) is 12.6 Å². The van der Waals surface area contributed by atoms with Gasteiger partial charge in [-0.25, -0.2) is 8.42 Å². The summed E-state index contributed by atoms with van der Waals surface area (Å²) in [5, 5.41) is -0.583. The average Bonchev–Trinajstić information content (AvgIpc) is 2.88. The molecule has 2 aliphatic rings. The number of sulfonamides is 1. The Morgan fingerprint density at radius 3 is 2.53 bits per heavy atom. The van der Waals surface area contributed by atoms with E-state index >= 15 is 0 Å². The number of hydrogen-bond acceptors (Lipinski definition) is 4. The van der Waals surface area contributed by atoms with E-state index in [0.29, 0.717) is 19.4 Å². The van der Waals surface area contributed by atoms with Crippen LogP contribution in [0.15, 0.2) is 0 Å². The molecular formula is C13H23NO4S. The number of ether oxygens (including phenoxy) is 1. The molecule has 0 aromatic carbocycles. The normalized spacial score (nSPS) is 33.3. The summed E-state index contributed by atoms with van der Waals surface area (Å²) in [4.78, 5) is 11.7. The minimum absolute atomic E-state index is 0.0534. The maximum Gasteiger partial charge on any atom is 0.310 e. The van der Waals surface area contributed by atoms with Crippen molar-refractivity contribution in [2.45, 2.75) is 56.7 Å². The number of nitrogens with zero attached hydrogens (tertiary/aromatic N) is 1. The molecule has 0 spiro atoms. The molecule has 0 aromatic heterocycles. The van der Waals surface area contributed by atoms with E-state index in [1.54, 1.807) is 4.31 Å². The van der Waals surface area contributed by atoms with E-state index in [4.69, 9.17) is 4.74 Å². The van der Waals surface area contributed by atoms with Crippen LogP contribution in [-0.4, -0.2) is 43.6 Å². The molecule has 1 aliphatic carbocycles. The second-order valence-electron chi connectivity index (χ2n) is 5.60. The van der Waals surface area contributed by atoms with Gasteiger partial charge in [0.1, 0.15) is 0 Å². The molecule has 3 atom stereocenters. The molecule has 19 heavy (non-hydrogen) atoms. The van der Waals surface area contributed by atoms with E-state index < -0.39 is 21.2 Å². The predicted molar refractivity (Wildman–Crippen MR) is 72.1 cm³/mol. The van der Waals surface area contributed by atoms with E-state index in [1.807, 2.05) is 6.92 Å². The Bertz CT molecular complexity index is 434. The molecule has 1 heterocycles. The summed E-state index contributed by atoms with van der Waals surface area (Å²) >= 11 is 0. The number of hydrogen-bond donors (Lipinski definition) is 0. The van der Waals surface area contributed by atoms with Crippen LogP contribution in [0.5, 0.6) is 0 Å². The van der Waals surface area contributed by atoms with Crippen LogP contribution in [0.25, 0.3) is 0 Å². The van der Waals surface area contributed by atoms with Gasteiger partial charge in [-0.1, -0.05) is 12.8 Å². The van der Waals surface area contributed by atoms with Crippen LogP contribution in [0.2, 0.25) is 0 Å². The molecule has 5 nitrogen and oxygen atoms in total. The van der Waals surface area contributed by atoms with Crippen molar-refractivity contribution >= 4 is 16.0 Å². The predicted octanol–water partition coefficient (Wildman–Crippen LogP) is 1.53. The quantitative estimate of drug-likeness (QED) is 0.739. The topological polar surface area (TPSA) is 63.7 Å². The zero-order valence-electron chi connectivity index (χ0n) is 11.7. The summed E-state index contributed by atoms with van der Waals surface area (Å²) in [6.07, 6.45) is 4.89. The van der Waals surface area contributed by atoms with Gasteiger partial charge in [0.15, 0.2) is 0 Å². The second kappa shape index (κ2) is 5.79. The van der Waals surface area contributed by atoms with Crippen molar-refractivity contribution in [1.82, 2.24) is 4.31 Å². The largest absolute Gasteiger partial charge is 0.469 e. The molecule has 0 bridgehead atoms. The van der Waals surface area contributed by atoms with Crippen LogP contribution in [0.1, 0.15) is 45.4 Å². The SMILES string of the molecule is COC(=O)C1CCCC1S(=O)(=O)N1CCCCC1C. The highest BCUT2D eigenvalue weighted by Gasteiger charge is 2.46. The number of rotatable bonds is 3. The first kappa shape index (κ1) is 14.8. The first-order chi connectivity index (χ1) is 8.98. The summed E-state index contributed by atoms with van der Waals surface area (Å²) in [6, 6.07) is 0.0534. The van der Waals surface area contributed by atoms with Gasteiger partial charge in [0.25, 0.3) is 0 Å². The van der Waals surface area contributed by atoms with Crippen LogP contribution < -0.4 is 0 Å². The van der Waals surface area contributed by atoms with Gasteiger partial charge in [-0.2, -0.15) is 4.31 Å². The summed E-state index contributed by atoms with van der Waals surface area (Å²) in [5.41, 5.74) is 0. The van der Waals surface area contributed by atoms with Gasteiger partial charge < -0.3 is 4.74 Å². The molecule has 1 saturated heterocycles. The Kier molecular flexibility index (Phi) is 4.50. The van der Waals surface area contributed by atoms with E-state index in [-0.39, 0.29) is 12.0 Å². The van der Waals surface area contributed by atoms with Crippen molar-refractivity contribution < 1.29 is 17.9 Å². The molecule has 1 saturated carbocycles. The Morgan fingerprint density at radius 1 is 1.16 bits per heavy atom. The van der Waals surface area contributed by atoms with Gasteiger partial charge in [-0.05, 0) is 32.6 Å². The molecule has 2 fully saturated rings. The molecule has 2 rings (SSSR count). The average molecular weight is 289 g/mol. The molecule has 110 valence electrons. The lowest BCUT2D eigenvalue weighted by Gasteiger charge is -2.35. The molecule has 0 radical (unpaired) electrons. The van der Waals surface area contributed by atoms with Crippen LogP contribution >= 0.6 is 0 Å². The van der Waals surface area contributed by atoms with Crippen molar-refractivity contribution in [3.8, 4) is 0 Å². The van der Waals surface area contributed by atoms with Gasteiger partial charge >= 0.3 is 5.97 Å². The minimum Gasteiger partial charge on any atom is -0.469 e. The highest BCUT2D eigenvalue weighted by Crippen LogP contribution is 2.35. The molecule has 0 N–H and O–H groups in total. The van der Waals surface area contributed by atoms with Crippen LogP contribution in [0, 0.1) is 5.92 Å². The smallest absolute Gasteiger partial charge is 0.310 e. The van der Waals surface area contributed by atoms with Gasteiger partial charge in [0.2, 0.25) is 10.0 Å². The number of methoxy groups -OCH3 is 1. The fraction of sp³-hybridized carbons (Fsp3) is 0.923. The Hall–Kier alpha value is -0.620. The van der Waals surface area contributed by atoms with Crippen molar-refractivity contribution in [2.24, 2.45) is 5.92 Å². The number of carbonyl (C=O) groups is 1. The highest BCUT2D eigenvalue weighted by atomic mass is 32.2. The van der Waals surface area contributed by atoms with Gasteiger partial charge in [-0.3, -0.25) is 4.79 Å². The maximum absolute atomic E-state index is 12.7. The Balaban J connectivity index is 2.20. The Morgan fingerprint density at radius 2 is 1.89 bits per heavy atom. The first-order valence-electron chi connectivity index (χ1n) is 7.07. The fourth-order valence-electron chi connectivity index (χ4n) is 3.33. The number of carbonyl (C=O) groups excluding carboxylic acids is 1. The fourth-order valence-corrected chi connectivity index (χ4v) is 5.79. The third-order valence-electron chi connectivity index (χ3n) is 4.41. The molecular weight excluding hydrogens is 266 g/mol. The van der Waals surface area contributed by atoms with E-state index in [2.05, 4.69) is 0 Å². The van der Waals surface area contributed by atoms with Crippen molar-refractivity contribution in [2.75, 3.05) is 13.7 Å². The molecule has 0 amide bonds. The molecule has 6 heteroatoms. The molecule has 3 unspecified atom stereocenters. The lowest BCUT2D eigenvalue weighted by atomic mass is 10.1. The summed E-state index contributed by atoms with van der Waals surface area (Å²) in [7, 11) is -2.06. The van der Waals surface area contributed by atoms with Crippen molar-refractivity contribution in [3.63, 3.8) is 0 Å². The van der Waals surface area contributed by atoms with Crippen LogP contribution in [0.4, 0.5) is 0 Å². The van der Waals surface area contributed by atoms with Gasteiger partial charge in [-0.15, -0.1) is 0 Å². The summed E-state index contributed by atoms with van der Waals surface area (Å²) in [5.74, 6) is -0.861. The molecule has 1 aliphatic heterocycles. The maximum atomic E-state index is 12.7. The van der Waals surface area contributed by atoms with E-state index in [0.717, 1.165) is 25.7 Å².